The van der Waals surface area contributed by atoms with Crippen LogP contribution < -0.4 is 5.73 Å². The highest BCUT2D eigenvalue weighted by molar-refractivity contribution is 5.85. The van der Waals surface area contributed by atoms with Crippen molar-refractivity contribution in [3.8, 4) is 0 Å². The maximum absolute atomic E-state index is 12.1. The zero-order valence-electron chi connectivity index (χ0n) is 6.51. The molecule has 0 amide bonds. The molecule has 0 aliphatic rings. The molecule has 0 radical (unpaired) electrons. The fourth-order valence-corrected chi connectivity index (χ4v) is 0.857. The first kappa shape index (κ1) is 12.2. The number of rotatable bonds is 1. The van der Waals surface area contributed by atoms with Gasteiger partial charge in [0, 0.05) is 18.9 Å². The molecule has 0 spiro atoms. The molecule has 1 aromatic rings. The van der Waals surface area contributed by atoms with Gasteiger partial charge in [-0.2, -0.15) is 13.2 Å². The van der Waals surface area contributed by atoms with Gasteiger partial charge in [0.2, 0.25) is 0 Å². The van der Waals surface area contributed by atoms with Crippen LogP contribution in [0.5, 0.6) is 0 Å². The standard InChI is InChI=1S/C7H7F3N2.ClH/c8-7(9,10)6-4-12-2-1-5(6)3-11;/h1-2,4H,3,11H2;1H. The van der Waals surface area contributed by atoms with Crippen LogP contribution in [-0.2, 0) is 12.7 Å². The molecule has 1 heterocycles. The second-order valence-corrected chi connectivity index (χ2v) is 2.23. The smallest absolute Gasteiger partial charge is 0.326 e. The van der Waals surface area contributed by atoms with Crippen LogP contribution in [0.4, 0.5) is 13.2 Å². The fraction of sp³-hybridized carbons (Fsp3) is 0.286. The highest BCUT2D eigenvalue weighted by atomic mass is 35.5. The lowest BCUT2D eigenvalue weighted by Crippen LogP contribution is -2.12. The van der Waals surface area contributed by atoms with Gasteiger partial charge in [-0.3, -0.25) is 4.98 Å². The first-order chi connectivity index (χ1) is 5.55. The van der Waals surface area contributed by atoms with Crippen LogP contribution in [0.2, 0.25) is 0 Å². The molecule has 0 unspecified atom stereocenters. The number of hydrogen-bond acceptors (Lipinski definition) is 2. The molecule has 1 aromatic heterocycles. The zero-order chi connectivity index (χ0) is 9.19. The Labute approximate surface area is 79.4 Å². The first-order valence-corrected chi connectivity index (χ1v) is 3.26. The van der Waals surface area contributed by atoms with Gasteiger partial charge in [-0.1, -0.05) is 0 Å². The molecular formula is C7H8ClF3N2. The van der Waals surface area contributed by atoms with E-state index in [2.05, 4.69) is 4.98 Å². The van der Waals surface area contributed by atoms with Crippen molar-refractivity contribution in [2.45, 2.75) is 12.7 Å². The minimum Gasteiger partial charge on any atom is -0.326 e. The largest absolute Gasteiger partial charge is 0.418 e. The Hall–Kier alpha value is -0.810. The summed E-state index contributed by atoms with van der Waals surface area (Å²) in [5, 5.41) is 0. The van der Waals surface area contributed by atoms with Crippen molar-refractivity contribution in [3.63, 3.8) is 0 Å². The number of nitrogens with zero attached hydrogens (tertiary/aromatic N) is 1. The van der Waals surface area contributed by atoms with Gasteiger partial charge in [-0.15, -0.1) is 12.4 Å². The average molecular weight is 213 g/mol. The van der Waals surface area contributed by atoms with Gasteiger partial charge in [0.25, 0.3) is 0 Å². The van der Waals surface area contributed by atoms with Crippen molar-refractivity contribution in [2.75, 3.05) is 0 Å². The van der Waals surface area contributed by atoms with Crippen molar-refractivity contribution in [1.82, 2.24) is 4.98 Å². The first-order valence-electron chi connectivity index (χ1n) is 3.26. The molecule has 74 valence electrons. The van der Waals surface area contributed by atoms with Gasteiger partial charge in [-0.05, 0) is 11.6 Å². The Balaban J connectivity index is 0.00000144. The van der Waals surface area contributed by atoms with Crippen LogP contribution in [0.1, 0.15) is 11.1 Å². The van der Waals surface area contributed by atoms with E-state index in [0.717, 1.165) is 6.20 Å². The van der Waals surface area contributed by atoms with Crippen LogP contribution in [-0.4, -0.2) is 4.98 Å². The Morgan fingerprint density at radius 1 is 1.38 bits per heavy atom. The van der Waals surface area contributed by atoms with Crippen LogP contribution in [0.15, 0.2) is 18.5 Å². The summed E-state index contributed by atoms with van der Waals surface area (Å²) in [4.78, 5) is 3.38. The maximum Gasteiger partial charge on any atom is 0.418 e. The third kappa shape index (κ3) is 2.86. The normalized spacial score (nSPS) is 10.8. The summed E-state index contributed by atoms with van der Waals surface area (Å²) in [7, 11) is 0. The summed E-state index contributed by atoms with van der Waals surface area (Å²) in [5.74, 6) is 0. The monoisotopic (exact) mass is 212 g/mol. The zero-order valence-corrected chi connectivity index (χ0v) is 7.32. The SMILES string of the molecule is Cl.NCc1ccncc1C(F)(F)F. The molecule has 2 N–H and O–H groups in total. The molecule has 0 saturated heterocycles. The van der Waals surface area contributed by atoms with E-state index in [1.807, 2.05) is 0 Å². The van der Waals surface area contributed by atoms with Crippen molar-refractivity contribution >= 4 is 12.4 Å². The summed E-state index contributed by atoms with van der Waals surface area (Å²) in [6.07, 6.45) is -2.29. The summed E-state index contributed by atoms with van der Waals surface area (Å²) >= 11 is 0. The molecule has 1 rings (SSSR count). The van der Waals surface area contributed by atoms with Crippen LogP contribution >= 0.6 is 12.4 Å². The van der Waals surface area contributed by atoms with E-state index in [-0.39, 0.29) is 24.5 Å². The quantitative estimate of drug-likeness (QED) is 0.773. The molecule has 0 aliphatic carbocycles. The van der Waals surface area contributed by atoms with Gasteiger partial charge < -0.3 is 5.73 Å². The third-order valence-corrected chi connectivity index (χ3v) is 1.44. The molecule has 0 atom stereocenters. The minimum atomic E-state index is -4.36. The average Bonchev–Trinajstić information content (AvgIpc) is 2.03. The van der Waals surface area contributed by atoms with E-state index in [0.29, 0.717) is 0 Å². The lowest BCUT2D eigenvalue weighted by Gasteiger charge is -2.09. The lowest BCUT2D eigenvalue weighted by atomic mass is 10.1. The van der Waals surface area contributed by atoms with Gasteiger partial charge in [0.15, 0.2) is 0 Å². The highest BCUT2D eigenvalue weighted by Crippen LogP contribution is 2.30. The molecule has 13 heavy (non-hydrogen) atoms. The predicted octanol–water partition coefficient (Wildman–Crippen LogP) is 1.98. The van der Waals surface area contributed by atoms with E-state index in [1.165, 1.54) is 12.3 Å². The second kappa shape index (κ2) is 4.43. The van der Waals surface area contributed by atoms with Crippen molar-refractivity contribution in [2.24, 2.45) is 5.73 Å². The highest BCUT2D eigenvalue weighted by Gasteiger charge is 2.32. The van der Waals surface area contributed by atoms with Crippen molar-refractivity contribution in [1.29, 1.82) is 0 Å². The number of alkyl halides is 3. The topological polar surface area (TPSA) is 38.9 Å². The molecular weight excluding hydrogens is 205 g/mol. The number of aromatic nitrogens is 1. The van der Waals surface area contributed by atoms with E-state index in [4.69, 9.17) is 5.73 Å². The number of nitrogens with two attached hydrogens (primary N) is 1. The number of pyridine rings is 1. The summed E-state index contributed by atoms with van der Waals surface area (Å²) in [5.41, 5.74) is 4.43. The molecule has 0 bridgehead atoms. The maximum atomic E-state index is 12.1. The number of halogens is 4. The molecule has 0 aromatic carbocycles. The minimum absolute atomic E-state index is 0. The van der Waals surface area contributed by atoms with Crippen molar-refractivity contribution < 1.29 is 13.2 Å². The van der Waals surface area contributed by atoms with Crippen LogP contribution in [0.25, 0.3) is 0 Å². The summed E-state index contributed by atoms with van der Waals surface area (Å²) in [6.45, 7) is -0.128. The van der Waals surface area contributed by atoms with Crippen LogP contribution in [0, 0.1) is 0 Å². The number of hydrogen-bond donors (Lipinski definition) is 1. The van der Waals surface area contributed by atoms with Gasteiger partial charge >= 0.3 is 6.18 Å². The Bertz CT molecular complexity index is 275. The Morgan fingerprint density at radius 3 is 2.38 bits per heavy atom. The van der Waals surface area contributed by atoms with Gasteiger partial charge in [0.05, 0.1) is 5.56 Å². The van der Waals surface area contributed by atoms with E-state index < -0.39 is 11.7 Å². The van der Waals surface area contributed by atoms with E-state index in [1.54, 1.807) is 0 Å². The van der Waals surface area contributed by atoms with Gasteiger partial charge in [-0.25, -0.2) is 0 Å². The van der Waals surface area contributed by atoms with E-state index in [9.17, 15) is 13.2 Å². The molecule has 0 aliphatic heterocycles. The Kier molecular flexibility index (Phi) is 4.16. The molecule has 0 saturated carbocycles. The molecule has 2 nitrogen and oxygen atoms in total. The van der Waals surface area contributed by atoms with Gasteiger partial charge in [0.1, 0.15) is 0 Å². The fourth-order valence-electron chi connectivity index (χ4n) is 0.857. The van der Waals surface area contributed by atoms with Crippen molar-refractivity contribution in [3.05, 3.63) is 29.6 Å². The Morgan fingerprint density at radius 2 is 2.00 bits per heavy atom. The second-order valence-electron chi connectivity index (χ2n) is 2.23. The summed E-state index contributed by atoms with van der Waals surface area (Å²) in [6, 6.07) is 1.27. The van der Waals surface area contributed by atoms with E-state index >= 15 is 0 Å². The lowest BCUT2D eigenvalue weighted by molar-refractivity contribution is -0.138. The predicted molar refractivity (Wildman–Crippen MR) is 44.4 cm³/mol. The van der Waals surface area contributed by atoms with Crippen LogP contribution in [0.3, 0.4) is 0 Å². The summed E-state index contributed by atoms with van der Waals surface area (Å²) < 4.78 is 36.4. The molecule has 0 fully saturated rings. The molecule has 6 heteroatoms. The third-order valence-electron chi connectivity index (χ3n) is 1.44.